The van der Waals surface area contributed by atoms with Gasteiger partial charge in [0, 0.05) is 6.42 Å². The van der Waals surface area contributed by atoms with Crippen molar-refractivity contribution in [3.05, 3.63) is 60.1 Å². The molecule has 2 aromatic rings. The van der Waals surface area contributed by atoms with Crippen molar-refractivity contribution in [1.82, 2.24) is 0 Å². The molecule has 0 spiro atoms. The molecule has 0 saturated heterocycles. The second-order valence-electron chi connectivity index (χ2n) is 3.02. The number of rotatable bonds is 3. The number of hydrogen-bond donors (Lipinski definition) is 0. The first-order valence-corrected chi connectivity index (χ1v) is 4.38. The highest BCUT2D eigenvalue weighted by Gasteiger charge is 2.07. The number of furan rings is 1. The SMILES string of the molecule is O=C(Cc1ccccc1)c1[c]occ1. The fourth-order valence-corrected chi connectivity index (χ4v) is 1.26. The van der Waals surface area contributed by atoms with Crippen molar-refractivity contribution in [1.29, 1.82) is 0 Å². The van der Waals surface area contributed by atoms with E-state index >= 15 is 0 Å². The number of ketones is 1. The minimum atomic E-state index is 0.0324. The van der Waals surface area contributed by atoms with Gasteiger partial charge in [0.1, 0.15) is 0 Å². The second-order valence-corrected chi connectivity index (χ2v) is 3.02. The molecule has 2 heteroatoms. The fraction of sp³-hybridized carbons (Fsp3) is 0.0833. The monoisotopic (exact) mass is 185 g/mol. The lowest BCUT2D eigenvalue weighted by Crippen LogP contribution is -2.01. The molecule has 14 heavy (non-hydrogen) atoms. The van der Waals surface area contributed by atoms with E-state index in [9.17, 15) is 4.79 Å². The van der Waals surface area contributed by atoms with E-state index in [4.69, 9.17) is 4.42 Å². The summed E-state index contributed by atoms with van der Waals surface area (Å²) in [5.74, 6) is 0.0324. The lowest BCUT2D eigenvalue weighted by Gasteiger charge is -1.97. The normalized spacial score (nSPS) is 10.0. The van der Waals surface area contributed by atoms with Gasteiger partial charge < -0.3 is 4.42 Å². The summed E-state index contributed by atoms with van der Waals surface area (Å²) in [4.78, 5) is 11.6. The van der Waals surface area contributed by atoms with Gasteiger partial charge in [0.15, 0.2) is 12.0 Å². The smallest absolute Gasteiger partial charge is 0.180 e. The summed E-state index contributed by atoms with van der Waals surface area (Å²) < 4.78 is 4.73. The quantitative estimate of drug-likeness (QED) is 0.688. The molecule has 0 fully saturated rings. The Hall–Kier alpha value is -1.83. The molecule has 1 radical (unpaired) electrons. The maximum atomic E-state index is 11.6. The van der Waals surface area contributed by atoms with Crippen LogP contribution in [-0.4, -0.2) is 5.78 Å². The van der Waals surface area contributed by atoms with Crippen molar-refractivity contribution in [2.24, 2.45) is 0 Å². The van der Waals surface area contributed by atoms with Crippen molar-refractivity contribution in [2.45, 2.75) is 6.42 Å². The largest absolute Gasteiger partial charge is 0.460 e. The van der Waals surface area contributed by atoms with Gasteiger partial charge in [0.25, 0.3) is 0 Å². The first-order chi connectivity index (χ1) is 6.86. The Bertz CT molecular complexity index is 401. The minimum Gasteiger partial charge on any atom is -0.460 e. The van der Waals surface area contributed by atoms with E-state index in [-0.39, 0.29) is 5.78 Å². The Labute approximate surface area is 82.2 Å². The van der Waals surface area contributed by atoms with Crippen LogP contribution in [0.1, 0.15) is 15.9 Å². The molecule has 0 aliphatic rings. The highest BCUT2D eigenvalue weighted by Crippen LogP contribution is 2.06. The zero-order chi connectivity index (χ0) is 9.80. The summed E-state index contributed by atoms with van der Waals surface area (Å²) in [6.07, 6.45) is 4.39. The molecule has 0 saturated carbocycles. The number of hydrogen-bond acceptors (Lipinski definition) is 2. The van der Waals surface area contributed by atoms with Gasteiger partial charge in [-0.3, -0.25) is 4.79 Å². The van der Waals surface area contributed by atoms with Crippen LogP contribution in [0.5, 0.6) is 0 Å². The average molecular weight is 185 g/mol. The van der Waals surface area contributed by atoms with Gasteiger partial charge in [-0.15, -0.1) is 0 Å². The predicted octanol–water partition coefficient (Wildman–Crippen LogP) is 2.51. The van der Waals surface area contributed by atoms with Crippen LogP contribution >= 0.6 is 0 Å². The Morgan fingerprint density at radius 2 is 2.00 bits per heavy atom. The van der Waals surface area contributed by atoms with Gasteiger partial charge in [-0.2, -0.15) is 0 Å². The first kappa shape index (κ1) is 8.75. The zero-order valence-corrected chi connectivity index (χ0v) is 7.57. The third-order valence-corrected chi connectivity index (χ3v) is 1.98. The van der Waals surface area contributed by atoms with E-state index in [1.54, 1.807) is 6.07 Å². The van der Waals surface area contributed by atoms with E-state index in [1.807, 2.05) is 30.3 Å². The van der Waals surface area contributed by atoms with Crippen LogP contribution in [0.2, 0.25) is 0 Å². The van der Waals surface area contributed by atoms with Crippen molar-refractivity contribution >= 4 is 5.78 Å². The van der Waals surface area contributed by atoms with E-state index in [0.717, 1.165) is 5.56 Å². The molecule has 0 amide bonds. The predicted molar refractivity (Wildman–Crippen MR) is 52.0 cm³/mol. The minimum absolute atomic E-state index is 0.0324. The van der Waals surface area contributed by atoms with Crippen LogP contribution in [0.3, 0.4) is 0 Å². The molecule has 2 rings (SSSR count). The molecule has 69 valence electrons. The molecule has 0 aliphatic heterocycles. The third-order valence-electron chi connectivity index (χ3n) is 1.98. The van der Waals surface area contributed by atoms with Crippen LogP contribution in [-0.2, 0) is 6.42 Å². The van der Waals surface area contributed by atoms with Crippen molar-refractivity contribution in [2.75, 3.05) is 0 Å². The van der Waals surface area contributed by atoms with E-state index in [1.165, 1.54) is 6.26 Å². The van der Waals surface area contributed by atoms with Crippen LogP contribution in [0.15, 0.2) is 47.1 Å². The molecule has 1 heterocycles. The molecular weight excluding hydrogens is 176 g/mol. The molecule has 0 bridgehead atoms. The summed E-state index contributed by atoms with van der Waals surface area (Å²) in [5, 5.41) is 0. The molecule has 1 aromatic carbocycles. The zero-order valence-electron chi connectivity index (χ0n) is 7.57. The van der Waals surface area contributed by atoms with Crippen molar-refractivity contribution in [3.8, 4) is 0 Å². The molecule has 0 N–H and O–H groups in total. The Kier molecular flexibility index (Phi) is 2.45. The highest BCUT2D eigenvalue weighted by molar-refractivity contribution is 5.96. The Morgan fingerprint density at radius 3 is 2.64 bits per heavy atom. The van der Waals surface area contributed by atoms with Crippen LogP contribution < -0.4 is 0 Å². The van der Waals surface area contributed by atoms with Gasteiger partial charge in [0.2, 0.25) is 0 Å². The van der Waals surface area contributed by atoms with Gasteiger partial charge >= 0.3 is 0 Å². The van der Waals surface area contributed by atoms with Crippen LogP contribution in [0.25, 0.3) is 0 Å². The van der Waals surface area contributed by atoms with Gasteiger partial charge in [-0.05, 0) is 11.6 Å². The summed E-state index contributed by atoms with van der Waals surface area (Å²) in [7, 11) is 0. The van der Waals surface area contributed by atoms with Crippen LogP contribution in [0.4, 0.5) is 0 Å². The molecule has 2 nitrogen and oxygen atoms in total. The van der Waals surface area contributed by atoms with Crippen molar-refractivity contribution < 1.29 is 9.21 Å². The lowest BCUT2D eigenvalue weighted by atomic mass is 10.1. The van der Waals surface area contributed by atoms with Gasteiger partial charge in [-0.1, -0.05) is 30.3 Å². The maximum Gasteiger partial charge on any atom is 0.180 e. The average Bonchev–Trinajstić information content (AvgIpc) is 2.72. The summed E-state index contributed by atoms with van der Waals surface area (Å²) in [6, 6.07) is 11.3. The van der Waals surface area contributed by atoms with E-state index < -0.39 is 0 Å². The standard InChI is InChI=1S/C12H9O2/c13-12(11-6-7-14-9-11)8-10-4-2-1-3-5-10/h1-7H,8H2. The van der Waals surface area contributed by atoms with Gasteiger partial charge in [-0.25, -0.2) is 0 Å². The fourth-order valence-electron chi connectivity index (χ4n) is 1.26. The Morgan fingerprint density at radius 1 is 1.21 bits per heavy atom. The molecule has 0 aliphatic carbocycles. The van der Waals surface area contributed by atoms with Gasteiger partial charge in [0.05, 0.1) is 11.8 Å². The number of benzene rings is 1. The molecule has 0 unspecified atom stereocenters. The lowest BCUT2D eigenvalue weighted by molar-refractivity contribution is 0.0992. The third kappa shape index (κ3) is 1.91. The first-order valence-electron chi connectivity index (χ1n) is 4.38. The Balaban J connectivity index is 2.10. The highest BCUT2D eigenvalue weighted by atomic mass is 16.3. The molecule has 0 atom stereocenters. The van der Waals surface area contributed by atoms with E-state index in [0.29, 0.717) is 12.0 Å². The molecular formula is C12H9O2. The summed E-state index contributed by atoms with van der Waals surface area (Å²) in [5.41, 5.74) is 1.51. The number of carbonyl (C=O) groups excluding carboxylic acids is 1. The number of carbonyl (C=O) groups is 1. The topological polar surface area (TPSA) is 30.2 Å². The second kappa shape index (κ2) is 3.92. The van der Waals surface area contributed by atoms with Crippen molar-refractivity contribution in [3.63, 3.8) is 0 Å². The summed E-state index contributed by atoms with van der Waals surface area (Å²) >= 11 is 0. The van der Waals surface area contributed by atoms with E-state index in [2.05, 4.69) is 6.26 Å². The molecule has 1 aromatic heterocycles. The number of Topliss-reactive ketones (excluding diaryl/α,β-unsaturated/α-hetero) is 1. The van der Waals surface area contributed by atoms with Crippen LogP contribution in [0, 0.1) is 6.26 Å². The summed E-state index contributed by atoms with van der Waals surface area (Å²) in [6.45, 7) is 0. The maximum absolute atomic E-state index is 11.6.